The molecule has 22 heavy (non-hydrogen) atoms. The van der Waals surface area contributed by atoms with Gasteiger partial charge in [0.1, 0.15) is 5.82 Å². The Kier molecular flexibility index (Phi) is 5.94. The largest absolute Gasteiger partial charge is 0.352 e. The summed E-state index contributed by atoms with van der Waals surface area (Å²) in [6.45, 7) is 3.18. The summed E-state index contributed by atoms with van der Waals surface area (Å²) in [5.41, 5.74) is 0.528. The topological polar surface area (TPSA) is 49.4 Å². The van der Waals surface area contributed by atoms with E-state index in [2.05, 4.69) is 21.2 Å². The molecule has 0 radical (unpaired) electrons. The van der Waals surface area contributed by atoms with Crippen LogP contribution in [0, 0.1) is 5.82 Å². The van der Waals surface area contributed by atoms with Gasteiger partial charge < -0.3 is 10.2 Å². The lowest BCUT2D eigenvalue weighted by atomic mass is 10.1. The first-order valence-corrected chi connectivity index (χ1v) is 8.26. The number of hydrogen-bond donors (Lipinski definition) is 1. The molecule has 0 aliphatic carbocycles. The Morgan fingerprint density at radius 3 is 2.91 bits per heavy atom. The molecule has 1 heterocycles. The Morgan fingerprint density at radius 1 is 1.50 bits per heavy atom. The maximum absolute atomic E-state index is 13.7. The third-order valence-electron chi connectivity index (χ3n) is 3.71. The Hall–Kier alpha value is -1.43. The molecule has 4 nitrogen and oxygen atoms in total. The predicted molar refractivity (Wildman–Crippen MR) is 85.8 cm³/mol. The number of nitrogens with zero attached hydrogens (tertiary/aromatic N) is 1. The summed E-state index contributed by atoms with van der Waals surface area (Å²) in [5, 5.41) is 2.86. The molecule has 0 bridgehead atoms. The molecule has 1 atom stereocenters. The first kappa shape index (κ1) is 16.9. The van der Waals surface area contributed by atoms with Gasteiger partial charge in [0.2, 0.25) is 11.8 Å². The van der Waals surface area contributed by atoms with Crippen molar-refractivity contribution in [3.8, 4) is 0 Å². The van der Waals surface area contributed by atoms with Crippen molar-refractivity contribution in [3.05, 3.63) is 34.1 Å². The van der Waals surface area contributed by atoms with Crippen molar-refractivity contribution in [2.75, 3.05) is 13.1 Å². The number of carbonyl (C=O) groups excluding carboxylic acids is 2. The second-order valence-electron chi connectivity index (χ2n) is 5.65. The zero-order chi connectivity index (χ0) is 16.1. The quantitative estimate of drug-likeness (QED) is 0.836. The molecule has 2 rings (SSSR count). The van der Waals surface area contributed by atoms with E-state index in [0.717, 1.165) is 13.0 Å². The number of halogens is 2. The minimum Gasteiger partial charge on any atom is -0.352 e. The van der Waals surface area contributed by atoms with E-state index in [1.807, 2.05) is 6.92 Å². The van der Waals surface area contributed by atoms with Crippen LogP contribution >= 0.6 is 15.9 Å². The zero-order valence-electron chi connectivity index (χ0n) is 12.6. The summed E-state index contributed by atoms with van der Waals surface area (Å²) in [6.07, 6.45) is 2.09. The van der Waals surface area contributed by atoms with E-state index in [1.54, 1.807) is 17.0 Å². The van der Waals surface area contributed by atoms with E-state index < -0.39 is 0 Å². The second-order valence-corrected chi connectivity index (χ2v) is 6.56. The monoisotopic (exact) mass is 370 g/mol. The molecular weight excluding hydrogens is 351 g/mol. The van der Waals surface area contributed by atoms with E-state index in [1.165, 1.54) is 6.07 Å². The molecule has 120 valence electrons. The van der Waals surface area contributed by atoms with Crippen molar-refractivity contribution in [1.82, 2.24) is 10.2 Å². The third kappa shape index (κ3) is 4.80. The van der Waals surface area contributed by atoms with Gasteiger partial charge in [0, 0.05) is 36.4 Å². The van der Waals surface area contributed by atoms with Crippen LogP contribution < -0.4 is 5.32 Å². The van der Waals surface area contributed by atoms with Crippen molar-refractivity contribution < 1.29 is 14.0 Å². The van der Waals surface area contributed by atoms with Gasteiger partial charge in [-0.1, -0.05) is 22.0 Å². The Balaban J connectivity index is 1.76. The number of amides is 2. The molecule has 2 amide bonds. The molecule has 1 aromatic rings. The van der Waals surface area contributed by atoms with E-state index in [-0.39, 0.29) is 30.1 Å². The molecule has 1 unspecified atom stereocenters. The number of benzene rings is 1. The van der Waals surface area contributed by atoms with E-state index in [4.69, 9.17) is 0 Å². The maximum Gasteiger partial charge on any atom is 0.222 e. The summed E-state index contributed by atoms with van der Waals surface area (Å²) >= 11 is 3.20. The van der Waals surface area contributed by atoms with Gasteiger partial charge in [0.15, 0.2) is 0 Å². The molecule has 1 aliphatic rings. The first-order chi connectivity index (χ1) is 10.5. The Morgan fingerprint density at radius 2 is 2.27 bits per heavy atom. The average molecular weight is 371 g/mol. The summed E-state index contributed by atoms with van der Waals surface area (Å²) in [7, 11) is 0. The van der Waals surface area contributed by atoms with Gasteiger partial charge >= 0.3 is 0 Å². The molecule has 0 spiro atoms. The summed E-state index contributed by atoms with van der Waals surface area (Å²) in [5.74, 6) is -0.280. The molecule has 1 N–H and O–H groups in total. The fourth-order valence-electron chi connectivity index (χ4n) is 2.59. The van der Waals surface area contributed by atoms with Crippen LogP contribution in [-0.2, 0) is 16.0 Å². The number of nitrogens with one attached hydrogen (secondary N) is 1. The molecule has 1 saturated heterocycles. The first-order valence-electron chi connectivity index (χ1n) is 7.47. The van der Waals surface area contributed by atoms with Crippen molar-refractivity contribution in [2.24, 2.45) is 0 Å². The van der Waals surface area contributed by atoms with Crippen molar-refractivity contribution in [1.29, 1.82) is 0 Å². The smallest absolute Gasteiger partial charge is 0.222 e. The highest BCUT2D eigenvalue weighted by atomic mass is 79.9. The molecule has 0 saturated carbocycles. The fraction of sp³-hybridized carbons (Fsp3) is 0.500. The SMILES string of the molecule is CC(CN1CCCC1=O)NC(=O)CCc1ccc(Br)cc1F. The van der Waals surface area contributed by atoms with Gasteiger partial charge in [0.25, 0.3) is 0 Å². The minimum atomic E-state index is -0.308. The number of likely N-dealkylation sites (tertiary alicyclic amines) is 1. The van der Waals surface area contributed by atoms with Crippen LogP contribution in [0.4, 0.5) is 4.39 Å². The zero-order valence-corrected chi connectivity index (χ0v) is 14.2. The average Bonchev–Trinajstić information content (AvgIpc) is 2.83. The lowest BCUT2D eigenvalue weighted by Crippen LogP contribution is -2.42. The summed E-state index contributed by atoms with van der Waals surface area (Å²) < 4.78 is 14.4. The van der Waals surface area contributed by atoms with Crippen molar-refractivity contribution >= 4 is 27.7 Å². The minimum absolute atomic E-state index is 0.0932. The second kappa shape index (κ2) is 7.72. The van der Waals surface area contributed by atoms with Gasteiger partial charge in [-0.2, -0.15) is 0 Å². The van der Waals surface area contributed by atoms with Gasteiger partial charge in [-0.15, -0.1) is 0 Å². The van der Waals surface area contributed by atoms with Crippen LogP contribution in [0.1, 0.15) is 31.7 Å². The van der Waals surface area contributed by atoms with E-state index in [9.17, 15) is 14.0 Å². The van der Waals surface area contributed by atoms with E-state index in [0.29, 0.717) is 29.4 Å². The predicted octanol–water partition coefficient (Wildman–Crippen LogP) is 2.65. The number of rotatable bonds is 6. The van der Waals surface area contributed by atoms with Crippen molar-refractivity contribution in [2.45, 2.75) is 38.6 Å². The number of carbonyl (C=O) groups is 2. The van der Waals surface area contributed by atoms with Crippen LogP contribution in [0.5, 0.6) is 0 Å². The standard InChI is InChI=1S/C16H20BrFN2O2/c1-11(10-20-8-2-3-16(20)22)19-15(21)7-5-12-4-6-13(17)9-14(12)18/h4,6,9,11H,2-3,5,7-8,10H2,1H3,(H,19,21). The molecule has 1 aromatic carbocycles. The van der Waals surface area contributed by atoms with Crippen LogP contribution in [0.25, 0.3) is 0 Å². The highest BCUT2D eigenvalue weighted by molar-refractivity contribution is 9.10. The van der Waals surface area contributed by atoms with Crippen molar-refractivity contribution in [3.63, 3.8) is 0 Å². The molecule has 1 fully saturated rings. The van der Waals surface area contributed by atoms with Gasteiger partial charge in [-0.3, -0.25) is 9.59 Å². The van der Waals surface area contributed by atoms with Crippen LogP contribution in [-0.4, -0.2) is 35.8 Å². The number of aryl methyl sites for hydroxylation is 1. The van der Waals surface area contributed by atoms with Gasteiger partial charge in [-0.05, 0) is 37.5 Å². The fourth-order valence-corrected chi connectivity index (χ4v) is 2.93. The lowest BCUT2D eigenvalue weighted by molar-refractivity contribution is -0.129. The van der Waals surface area contributed by atoms with Crippen LogP contribution in [0.15, 0.2) is 22.7 Å². The lowest BCUT2D eigenvalue weighted by Gasteiger charge is -2.21. The summed E-state index contributed by atoms with van der Waals surface area (Å²) in [6, 6.07) is 4.75. The molecule has 1 aliphatic heterocycles. The molecule has 0 aromatic heterocycles. The summed E-state index contributed by atoms with van der Waals surface area (Å²) in [4.78, 5) is 25.2. The van der Waals surface area contributed by atoms with Crippen LogP contribution in [0.3, 0.4) is 0 Å². The van der Waals surface area contributed by atoms with Gasteiger partial charge in [-0.25, -0.2) is 4.39 Å². The molecular formula is C16H20BrFN2O2. The Bertz CT molecular complexity index is 565. The van der Waals surface area contributed by atoms with E-state index >= 15 is 0 Å². The molecule has 6 heteroatoms. The normalized spacial score (nSPS) is 16.0. The number of hydrogen-bond acceptors (Lipinski definition) is 2. The Labute approximate surface area is 138 Å². The highest BCUT2D eigenvalue weighted by Crippen LogP contribution is 2.16. The maximum atomic E-state index is 13.7. The van der Waals surface area contributed by atoms with Gasteiger partial charge in [0.05, 0.1) is 0 Å². The van der Waals surface area contributed by atoms with Crippen LogP contribution in [0.2, 0.25) is 0 Å². The highest BCUT2D eigenvalue weighted by Gasteiger charge is 2.22. The third-order valence-corrected chi connectivity index (χ3v) is 4.20.